The van der Waals surface area contributed by atoms with Crippen molar-refractivity contribution in [1.29, 1.82) is 0 Å². The number of benzene rings is 2. The van der Waals surface area contributed by atoms with Crippen LogP contribution >= 0.6 is 0 Å². The number of hydrogen-bond donors (Lipinski definition) is 0. The summed E-state index contributed by atoms with van der Waals surface area (Å²) in [4.78, 5) is 0. The van der Waals surface area contributed by atoms with Crippen molar-refractivity contribution in [3.8, 4) is 11.5 Å². The van der Waals surface area contributed by atoms with Crippen LogP contribution in [0.5, 0.6) is 11.5 Å². The van der Waals surface area contributed by atoms with Crippen LogP contribution in [0.3, 0.4) is 0 Å². The summed E-state index contributed by atoms with van der Waals surface area (Å²) in [7, 11) is -3.64. The Bertz CT molecular complexity index is 644. The molecule has 0 spiro atoms. The van der Waals surface area contributed by atoms with Gasteiger partial charge in [-0.25, -0.2) is 0 Å². The van der Waals surface area contributed by atoms with Gasteiger partial charge in [-0.15, -0.1) is 13.2 Å². The van der Waals surface area contributed by atoms with Crippen molar-refractivity contribution in [1.82, 2.24) is 0 Å². The van der Waals surface area contributed by atoms with Gasteiger partial charge >= 0.3 is 0 Å². The van der Waals surface area contributed by atoms with Gasteiger partial charge in [0.25, 0.3) is 16.6 Å². The zero-order valence-electron chi connectivity index (χ0n) is 13.8. The van der Waals surface area contributed by atoms with E-state index in [-0.39, 0.29) is 0 Å². The highest BCUT2D eigenvalue weighted by molar-refractivity contribution is 6.77. The van der Waals surface area contributed by atoms with Crippen LogP contribution in [-0.4, -0.2) is 16.6 Å². The van der Waals surface area contributed by atoms with Crippen LogP contribution in [-0.2, 0) is 0 Å². The summed E-state index contributed by atoms with van der Waals surface area (Å²) in [6.07, 6.45) is 0. The molecule has 0 aromatic heterocycles. The molecule has 0 atom stereocenters. The van der Waals surface area contributed by atoms with Crippen molar-refractivity contribution in [2.75, 3.05) is 0 Å². The van der Waals surface area contributed by atoms with Gasteiger partial charge in [0.2, 0.25) is 0 Å². The molecule has 2 rings (SSSR count). The monoisotopic (exact) mass is 328 g/mol. The van der Waals surface area contributed by atoms with Crippen LogP contribution < -0.4 is 8.85 Å². The van der Waals surface area contributed by atoms with Crippen LogP contribution in [0.25, 0.3) is 10.8 Å². The summed E-state index contributed by atoms with van der Waals surface area (Å²) < 4.78 is 12.1. The SMILES string of the molecule is C=C[Si](C)(C)Oc1ccc2cc(O[Si](C)(C)C=C)ccc2c1. The Morgan fingerprint density at radius 3 is 1.41 bits per heavy atom. The molecule has 116 valence electrons. The first-order valence-electron chi connectivity index (χ1n) is 7.44. The molecule has 4 heteroatoms. The van der Waals surface area contributed by atoms with Gasteiger partial charge in [-0.05, 0) is 61.2 Å². The molecule has 0 radical (unpaired) electrons. The number of fused-ring (bicyclic) bond motifs is 1. The largest absolute Gasteiger partial charge is 0.540 e. The number of hydrogen-bond acceptors (Lipinski definition) is 2. The predicted octanol–water partition coefficient (Wildman–Crippen LogP) is 5.46. The van der Waals surface area contributed by atoms with Crippen LogP contribution in [0.2, 0.25) is 26.2 Å². The molecule has 2 aromatic rings. The van der Waals surface area contributed by atoms with Gasteiger partial charge in [0.15, 0.2) is 0 Å². The molecule has 0 unspecified atom stereocenters. The Kier molecular flexibility index (Phi) is 4.63. The van der Waals surface area contributed by atoms with E-state index in [2.05, 4.69) is 63.6 Å². The molecule has 0 bridgehead atoms. The van der Waals surface area contributed by atoms with E-state index in [1.165, 1.54) is 0 Å². The highest BCUT2D eigenvalue weighted by Crippen LogP contribution is 2.27. The Morgan fingerprint density at radius 1 is 0.727 bits per heavy atom. The van der Waals surface area contributed by atoms with Crippen molar-refractivity contribution in [3.63, 3.8) is 0 Å². The van der Waals surface area contributed by atoms with Crippen molar-refractivity contribution in [2.24, 2.45) is 0 Å². The quantitative estimate of drug-likeness (QED) is 0.656. The molecular formula is C18H24O2Si2. The maximum atomic E-state index is 6.07. The van der Waals surface area contributed by atoms with E-state index in [1.54, 1.807) is 0 Å². The number of rotatable bonds is 6. The fraction of sp³-hybridized carbons (Fsp3) is 0.222. The summed E-state index contributed by atoms with van der Waals surface area (Å²) >= 11 is 0. The summed E-state index contributed by atoms with van der Waals surface area (Å²) in [6, 6.07) is 12.3. The normalized spacial score (nSPS) is 12.0. The van der Waals surface area contributed by atoms with E-state index in [1.807, 2.05) is 23.5 Å². The second kappa shape index (κ2) is 6.14. The highest BCUT2D eigenvalue weighted by atomic mass is 28.4. The fourth-order valence-electron chi connectivity index (χ4n) is 2.02. The highest BCUT2D eigenvalue weighted by Gasteiger charge is 2.20. The second-order valence-corrected chi connectivity index (χ2v) is 14.1. The molecule has 22 heavy (non-hydrogen) atoms. The van der Waals surface area contributed by atoms with E-state index >= 15 is 0 Å². The van der Waals surface area contributed by atoms with Crippen LogP contribution in [0, 0.1) is 0 Å². The lowest BCUT2D eigenvalue weighted by atomic mass is 10.1. The van der Waals surface area contributed by atoms with E-state index in [4.69, 9.17) is 8.85 Å². The molecule has 0 aliphatic rings. The molecule has 0 fully saturated rings. The lowest BCUT2D eigenvalue weighted by Gasteiger charge is -2.21. The molecule has 0 heterocycles. The lowest BCUT2D eigenvalue weighted by Crippen LogP contribution is -2.31. The molecular weight excluding hydrogens is 304 g/mol. The van der Waals surface area contributed by atoms with Gasteiger partial charge in [0.05, 0.1) is 0 Å². The van der Waals surface area contributed by atoms with E-state index in [0.717, 1.165) is 22.3 Å². The predicted molar refractivity (Wildman–Crippen MR) is 101 cm³/mol. The molecule has 0 saturated carbocycles. The summed E-state index contributed by atoms with van der Waals surface area (Å²) in [5.74, 6) is 1.80. The molecule has 2 aromatic carbocycles. The third-order valence-corrected chi connectivity index (χ3v) is 7.02. The Morgan fingerprint density at radius 2 is 1.09 bits per heavy atom. The molecule has 0 N–H and O–H groups in total. The van der Waals surface area contributed by atoms with Gasteiger partial charge in [-0.3, -0.25) is 0 Å². The van der Waals surface area contributed by atoms with Crippen molar-refractivity contribution in [2.45, 2.75) is 26.2 Å². The van der Waals surface area contributed by atoms with E-state index in [9.17, 15) is 0 Å². The molecule has 0 amide bonds. The van der Waals surface area contributed by atoms with E-state index in [0.29, 0.717) is 0 Å². The van der Waals surface area contributed by atoms with Gasteiger partial charge < -0.3 is 8.85 Å². The van der Waals surface area contributed by atoms with Gasteiger partial charge in [0, 0.05) is 0 Å². The van der Waals surface area contributed by atoms with Crippen LogP contribution in [0.1, 0.15) is 0 Å². The third-order valence-electron chi connectivity index (χ3n) is 3.53. The summed E-state index contributed by atoms with van der Waals surface area (Å²) in [5.41, 5.74) is 3.88. The minimum absolute atomic E-state index is 0.901. The zero-order chi connectivity index (χ0) is 16.4. The molecule has 0 saturated heterocycles. The maximum absolute atomic E-state index is 6.07. The molecule has 0 aliphatic heterocycles. The standard InChI is InChI=1S/C18H24O2Si2/c1-7-21(3,4)19-17-11-9-16-14-18(12-10-15(16)13-17)20-22(5,6)8-2/h7-14H,1-2H2,3-6H3. The third kappa shape index (κ3) is 4.12. The average Bonchev–Trinajstić information content (AvgIpc) is 2.47. The maximum Gasteiger partial charge on any atom is 0.269 e. The lowest BCUT2D eigenvalue weighted by molar-refractivity contribution is 0.562. The Labute approximate surface area is 135 Å². The minimum atomic E-state index is -1.82. The van der Waals surface area contributed by atoms with Crippen LogP contribution in [0.15, 0.2) is 61.0 Å². The van der Waals surface area contributed by atoms with Crippen molar-refractivity contribution < 1.29 is 8.85 Å². The Hall–Kier alpha value is -1.79. The summed E-state index contributed by atoms with van der Waals surface area (Å²) in [6.45, 7) is 16.2. The van der Waals surface area contributed by atoms with Crippen molar-refractivity contribution >= 4 is 27.4 Å². The van der Waals surface area contributed by atoms with E-state index < -0.39 is 16.6 Å². The smallest absolute Gasteiger partial charge is 0.269 e. The second-order valence-electron chi connectivity index (χ2n) is 6.49. The fourth-order valence-corrected chi connectivity index (χ4v) is 3.66. The van der Waals surface area contributed by atoms with Gasteiger partial charge in [-0.2, -0.15) is 0 Å². The topological polar surface area (TPSA) is 18.5 Å². The molecule has 2 nitrogen and oxygen atoms in total. The first kappa shape index (κ1) is 16.6. The summed E-state index contributed by atoms with van der Waals surface area (Å²) in [5, 5.41) is 2.30. The van der Waals surface area contributed by atoms with Gasteiger partial charge in [0.1, 0.15) is 11.5 Å². The van der Waals surface area contributed by atoms with Crippen LogP contribution in [0.4, 0.5) is 0 Å². The van der Waals surface area contributed by atoms with Gasteiger partial charge in [-0.1, -0.05) is 23.5 Å². The first-order valence-corrected chi connectivity index (χ1v) is 13.4. The Balaban J connectivity index is 2.29. The zero-order valence-corrected chi connectivity index (χ0v) is 15.8. The molecule has 0 aliphatic carbocycles. The van der Waals surface area contributed by atoms with Crippen molar-refractivity contribution in [3.05, 3.63) is 61.0 Å². The average molecular weight is 329 g/mol. The minimum Gasteiger partial charge on any atom is -0.540 e. The first-order chi connectivity index (χ1) is 10.2.